The molecule has 0 aliphatic carbocycles. The number of carbonyl (C=O) groups is 1. The number of rotatable bonds is 5. The molecule has 0 amide bonds. The molecule has 0 saturated heterocycles. The number of benzene rings is 2. The topological polar surface area (TPSA) is 29.1 Å². The lowest BCUT2D eigenvalue weighted by Gasteiger charge is -2.10. The van der Waals surface area contributed by atoms with E-state index in [-0.39, 0.29) is 5.78 Å². The summed E-state index contributed by atoms with van der Waals surface area (Å²) in [6.45, 7) is 2.44. The van der Waals surface area contributed by atoms with Gasteiger partial charge in [0.1, 0.15) is 0 Å². The molecule has 1 N–H and O–H groups in total. The zero-order chi connectivity index (χ0) is 12.8. The molecular weight excluding hydrogens is 222 g/mol. The Labute approximate surface area is 108 Å². The van der Waals surface area contributed by atoms with Crippen molar-refractivity contribution in [2.45, 2.75) is 13.3 Å². The standard InChI is InChI=1S/C16H17NO/c1-2-13-8-6-7-11-15(13)17-12-16(18)14-9-4-3-5-10-14/h3-11,17H,2,12H2,1H3. The van der Waals surface area contributed by atoms with Gasteiger partial charge in [-0.1, -0.05) is 55.5 Å². The molecule has 2 heteroatoms. The Kier molecular flexibility index (Phi) is 4.13. The average molecular weight is 239 g/mol. The summed E-state index contributed by atoms with van der Waals surface area (Å²) in [4.78, 5) is 12.0. The van der Waals surface area contributed by atoms with Crippen molar-refractivity contribution in [1.82, 2.24) is 0 Å². The number of anilines is 1. The highest BCUT2D eigenvalue weighted by molar-refractivity contribution is 5.98. The molecule has 0 heterocycles. The molecule has 2 aromatic rings. The predicted octanol–water partition coefficient (Wildman–Crippen LogP) is 3.54. The number of nitrogens with one attached hydrogen (secondary N) is 1. The number of aryl methyl sites for hydroxylation is 1. The molecule has 0 spiro atoms. The van der Waals surface area contributed by atoms with Gasteiger partial charge in [0.15, 0.2) is 5.78 Å². The smallest absolute Gasteiger partial charge is 0.181 e. The first-order chi connectivity index (χ1) is 8.81. The Morgan fingerprint density at radius 1 is 1.00 bits per heavy atom. The summed E-state index contributed by atoms with van der Waals surface area (Å²) >= 11 is 0. The number of ketones is 1. The Hall–Kier alpha value is -2.09. The third-order valence-electron chi connectivity index (χ3n) is 2.93. The van der Waals surface area contributed by atoms with Gasteiger partial charge in [-0.25, -0.2) is 0 Å². The fourth-order valence-electron chi connectivity index (χ4n) is 1.90. The molecule has 18 heavy (non-hydrogen) atoms. The van der Waals surface area contributed by atoms with E-state index in [1.165, 1.54) is 5.56 Å². The molecule has 0 atom stereocenters. The van der Waals surface area contributed by atoms with Gasteiger partial charge in [0.25, 0.3) is 0 Å². The average Bonchev–Trinajstić information content (AvgIpc) is 2.46. The van der Waals surface area contributed by atoms with E-state index in [2.05, 4.69) is 18.3 Å². The Morgan fingerprint density at radius 2 is 1.67 bits per heavy atom. The van der Waals surface area contributed by atoms with Crippen LogP contribution in [-0.2, 0) is 6.42 Å². The molecule has 0 aliphatic rings. The Morgan fingerprint density at radius 3 is 2.39 bits per heavy atom. The maximum absolute atomic E-state index is 12.0. The number of hydrogen-bond donors (Lipinski definition) is 1. The normalized spacial score (nSPS) is 10.1. The van der Waals surface area contributed by atoms with E-state index < -0.39 is 0 Å². The fourth-order valence-corrected chi connectivity index (χ4v) is 1.90. The number of hydrogen-bond acceptors (Lipinski definition) is 2. The van der Waals surface area contributed by atoms with Gasteiger partial charge in [-0.05, 0) is 18.1 Å². The summed E-state index contributed by atoms with van der Waals surface area (Å²) in [5.41, 5.74) is 3.03. The van der Waals surface area contributed by atoms with Gasteiger partial charge in [0.2, 0.25) is 0 Å². The third kappa shape index (κ3) is 2.98. The van der Waals surface area contributed by atoms with Crippen LogP contribution in [-0.4, -0.2) is 12.3 Å². The van der Waals surface area contributed by atoms with Crippen LogP contribution >= 0.6 is 0 Å². The Bertz CT molecular complexity index is 520. The summed E-state index contributed by atoms with van der Waals surface area (Å²) in [6, 6.07) is 17.5. The van der Waals surface area contributed by atoms with Crippen LogP contribution in [0.1, 0.15) is 22.8 Å². The second kappa shape index (κ2) is 6.01. The van der Waals surface area contributed by atoms with E-state index in [0.717, 1.165) is 17.7 Å². The minimum absolute atomic E-state index is 0.113. The molecular formula is C16H17NO. The van der Waals surface area contributed by atoms with Crippen molar-refractivity contribution >= 4 is 11.5 Å². The van der Waals surface area contributed by atoms with E-state index >= 15 is 0 Å². The highest BCUT2D eigenvalue weighted by Crippen LogP contribution is 2.15. The third-order valence-corrected chi connectivity index (χ3v) is 2.93. The first-order valence-electron chi connectivity index (χ1n) is 6.21. The van der Waals surface area contributed by atoms with E-state index in [0.29, 0.717) is 6.54 Å². The lowest BCUT2D eigenvalue weighted by molar-refractivity contribution is 0.101. The van der Waals surface area contributed by atoms with E-state index in [1.807, 2.05) is 48.5 Å². The van der Waals surface area contributed by atoms with Gasteiger partial charge in [0, 0.05) is 11.3 Å². The van der Waals surface area contributed by atoms with Gasteiger partial charge in [-0.2, -0.15) is 0 Å². The largest absolute Gasteiger partial charge is 0.377 e. The van der Waals surface area contributed by atoms with Crippen LogP contribution in [0.4, 0.5) is 5.69 Å². The highest BCUT2D eigenvalue weighted by Gasteiger charge is 2.05. The van der Waals surface area contributed by atoms with Crippen molar-refractivity contribution in [3.05, 3.63) is 65.7 Å². The maximum atomic E-state index is 12.0. The molecule has 2 rings (SSSR count). The molecule has 92 valence electrons. The summed E-state index contributed by atoms with van der Waals surface area (Å²) in [5.74, 6) is 0.113. The maximum Gasteiger partial charge on any atom is 0.181 e. The van der Waals surface area contributed by atoms with Crippen molar-refractivity contribution in [2.24, 2.45) is 0 Å². The molecule has 0 aliphatic heterocycles. The minimum atomic E-state index is 0.113. The van der Waals surface area contributed by atoms with Crippen LogP contribution in [0, 0.1) is 0 Å². The summed E-state index contributed by atoms with van der Waals surface area (Å²) in [7, 11) is 0. The summed E-state index contributed by atoms with van der Waals surface area (Å²) in [6.07, 6.45) is 0.961. The number of para-hydroxylation sites is 1. The molecule has 0 saturated carbocycles. The van der Waals surface area contributed by atoms with E-state index in [4.69, 9.17) is 0 Å². The SMILES string of the molecule is CCc1ccccc1NCC(=O)c1ccccc1. The monoisotopic (exact) mass is 239 g/mol. The van der Waals surface area contributed by atoms with Gasteiger partial charge >= 0.3 is 0 Å². The lowest BCUT2D eigenvalue weighted by atomic mass is 10.1. The number of carbonyl (C=O) groups excluding carboxylic acids is 1. The molecule has 0 fully saturated rings. The van der Waals surface area contributed by atoms with Gasteiger partial charge < -0.3 is 5.32 Å². The summed E-state index contributed by atoms with van der Waals surface area (Å²) < 4.78 is 0. The van der Waals surface area contributed by atoms with Crippen molar-refractivity contribution in [1.29, 1.82) is 0 Å². The van der Waals surface area contributed by atoms with E-state index in [9.17, 15) is 4.79 Å². The highest BCUT2D eigenvalue weighted by atomic mass is 16.1. The van der Waals surface area contributed by atoms with Gasteiger partial charge in [0.05, 0.1) is 6.54 Å². The van der Waals surface area contributed by atoms with Gasteiger partial charge in [-0.3, -0.25) is 4.79 Å². The molecule has 0 aromatic heterocycles. The quantitative estimate of drug-likeness (QED) is 0.808. The first kappa shape index (κ1) is 12.4. The van der Waals surface area contributed by atoms with Crippen molar-refractivity contribution in [2.75, 3.05) is 11.9 Å². The first-order valence-corrected chi connectivity index (χ1v) is 6.21. The zero-order valence-corrected chi connectivity index (χ0v) is 10.5. The van der Waals surface area contributed by atoms with Crippen LogP contribution in [0.2, 0.25) is 0 Å². The second-order valence-electron chi connectivity index (χ2n) is 4.15. The van der Waals surface area contributed by atoms with Crippen molar-refractivity contribution in [3.8, 4) is 0 Å². The van der Waals surface area contributed by atoms with Crippen LogP contribution in [0.5, 0.6) is 0 Å². The molecule has 0 bridgehead atoms. The molecule has 0 radical (unpaired) electrons. The Balaban J connectivity index is 2.02. The molecule has 2 aromatic carbocycles. The molecule has 2 nitrogen and oxygen atoms in total. The fraction of sp³-hybridized carbons (Fsp3) is 0.188. The van der Waals surface area contributed by atoms with Crippen molar-refractivity contribution in [3.63, 3.8) is 0 Å². The minimum Gasteiger partial charge on any atom is -0.377 e. The van der Waals surface area contributed by atoms with Crippen molar-refractivity contribution < 1.29 is 4.79 Å². The second-order valence-corrected chi connectivity index (χ2v) is 4.15. The zero-order valence-electron chi connectivity index (χ0n) is 10.5. The van der Waals surface area contributed by atoms with Gasteiger partial charge in [-0.15, -0.1) is 0 Å². The van der Waals surface area contributed by atoms with Crippen LogP contribution in [0.15, 0.2) is 54.6 Å². The van der Waals surface area contributed by atoms with Crippen LogP contribution in [0.3, 0.4) is 0 Å². The molecule has 0 unspecified atom stereocenters. The number of Topliss-reactive ketones (excluding diaryl/α,β-unsaturated/α-hetero) is 1. The lowest BCUT2D eigenvalue weighted by Crippen LogP contribution is -2.14. The predicted molar refractivity (Wildman–Crippen MR) is 75.1 cm³/mol. The van der Waals surface area contributed by atoms with Crippen LogP contribution < -0.4 is 5.32 Å². The van der Waals surface area contributed by atoms with Crippen LogP contribution in [0.25, 0.3) is 0 Å². The van der Waals surface area contributed by atoms with E-state index in [1.54, 1.807) is 0 Å². The summed E-state index contributed by atoms with van der Waals surface area (Å²) in [5, 5.41) is 3.21.